The lowest BCUT2D eigenvalue weighted by Gasteiger charge is -2.05. The first-order valence-corrected chi connectivity index (χ1v) is 7.78. The van der Waals surface area contributed by atoms with Gasteiger partial charge in [-0.1, -0.05) is 0 Å². The highest BCUT2D eigenvalue weighted by atomic mass is 32.1. The molecule has 0 saturated heterocycles. The van der Waals surface area contributed by atoms with Crippen molar-refractivity contribution in [1.29, 1.82) is 0 Å². The summed E-state index contributed by atoms with van der Waals surface area (Å²) >= 11 is 1.15. The van der Waals surface area contributed by atoms with Crippen LogP contribution in [0.1, 0.15) is 0 Å². The van der Waals surface area contributed by atoms with Gasteiger partial charge in [0.2, 0.25) is 0 Å². The lowest BCUT2D eigenvalue weighted by Crippen LogP contribution is -2.20. The van der Waals surface area contributed by atoms with Crippen LogP contribution in [-0.2, 0) is 0 Å². The third-order valence-electron chi connectivity index (χ3n) is 3.68. The topological polar surface area (TPSA) is 87.8 Å². The highest BCUT2D eigenvalue weighted by Gasteiger charge is 2.13. The second-order valence-electron chi connectivity index (χ2n) is 5.11. The van der Waals surface area contributed by atoms with E-state index < -0.39 is 17.1 Å². The average molecular weight is 343 g/mol. The number of H-pyrrole nitrogens is 2. The lowest BCUT2D eigenvalue weighted by atomic mass is 10.1. The minimum absolute atomic E-state index is 0.331. The summed E-state index contributed by atoms with van der Waals surface area (Å²) in [6.45, 7) is 0. The molecule has 0 unspecified atom stereocenters. The molecule has 120 valence electrons. The number of fused-ring (bicyclic) bond motifs is 3. The zero-order valence-corrected chi connectivity index (χ0v) is 13.2. The number of nitrogens with zero attached hydrogens (tertiary/aromatic N) is 1. The number of thiophene rings is 1. The Kier molecular flexibility index (Phi) is 3.20. The molecule has 0 amide bonds. The zero-order chi connectivity index (χ0) is 16.8. The molecule has 0 saturated carbocycles. The van der Waals surface area contributed by atoms with Crippen LogP contribution in [0.4, 0.5) is 4.39 Å². The van der Waals surface area contributed by atoms with E-state index in [4.69, 9.17) is 4.74 Å². The molecule has 4 aromatic rings. The van der Waals surface area contributed by atoms with Crippen molar-refractivity contribution < 1.29 is 9.13 Å². The van der Waals surface area contributed by atoms with Gasteiger partial charge in [0.05, 0.1) is 18.3 Å². The van der Waals surface area contributed by atoms with E-state index in [-0.39, 0.29) is 0 Å². The second kappa shape index (κ2) is 5.27. The number of hydrogen-bond acceptors (Lipinski definition) is 5. The molecule has 0 aliphatic heterocycles. The second-order valence-corrected chi connectivity index (χ2v) is 6.11. The largest absolute Gasteiger partial charge is 0.497 e. The zero-order valence-electron chi connectivity index (χ0n) is 12.3. The number of benzene rings is 1. The number of aromatic amines is 2. The molecular formula is C16H10FN3O3S. The van der Waals surface area contributed by atoms with Crippen molar-refractivity contribution in [3.63, 3.8) is 0 Å². The summed E-state index contributed by atoms with van der Waals surface area (Å²) in [5, 5.41) is 0.649. The Morgan fingerprint density at radius 3 is 2.75 bits per heavy atom. The van der Waals surface area contributed by atoms with Gasteiger partial charge < -0.3 is 9.72 Å². The van der Waals surface area contributed by atoms with Crippen molar-refractivity contribution in [2.75, 3.05) is 7.11 Å². The number of hydrogen-bond donors (Lipinski definition) is 2. The molecule has 1 aromatic carbocycles. The minimum atomic E-state index is -0.572. The highest BCUT2D eigenvalue weighted by Crippen LogP contribution is 2.32. The van der Waals surface area contributed by atoms with Crippen LogP contribution < -0.4 is 16.0 Å². The SMILES string of the molecule is COc1ccc(-c2ccc3c(n2)sc2c(=O)[nH]c(=O)[nH]c23)c(F)c1. The molecule has 0 aliphatic carbocycles. The first-order valence-electron chi connectivity index (χ1n) is 6.96. The van der Waals surface area contributed by atoms with E-state index in [2.05, 4.69) is 15.0 Å². The summed E-state index contributed by atoms with van der Waals surface area (Å²) < 4.78 is 19.6. The van der Waals surface area contributed by atoms with E-state index in [0.29, 0.717) is 37.4 Å². The van der Waals surface area contributed by atoms with E-state index in [0.717, 1.165) is 11.3 Å². The number of halogens is 1. The van der Waals surface area contributed by atoms with Gasteiger partial charge in [0.25, 0.3) is 5.56 Å². The van der Waals surface area contributed by atoms with Gasteiger partial charge in [-0.15, -0.1) is 11.3 Å². The van der Waals surface area contributed by atoms with Gasteiger partial charge >= 0.3 is 5.69 Å². The van der Waals surface area contributed by atoms with Crippen molar-refractivity contribution in [3.8, 4) is 17.0 Å². The maximum Gasteiger partial charge on any atom is 0.326 e. The van der Waals surface area contributed by atoms with Crippen molar-refractivity contribution in [1.82, 2.24) is 15.0 Å². The highest BCUT2D eigenvalue weighted by molar-refractivity contribution is 7.25. The predicted octanol–water partition coefficient (Wildman–Crippen LogP) is 2.64. The van der Waals surface area contributed by atoms with Crippen LogP contribution in [0.2, 0.25) is 0 Å². The van der Waals surface area contributed by atoms with Crippen LogP contribution in [-0.4, -0.2) is 22.1 Å². The smallest absolute Gasteiger partial charge is 0.326 e. The molecule has 0 fully saturated rings. The molecule has 0 radical (unpaired) electrons. The van der Waals surface area contributed by atoms with Gasteiger partial charge in [0.1, 0.15) is 21.1 Å². The molecule has 2 N–H and O–H groups in total. The minimum Gasteiger partial charge on any atom is -0.497 e. The first kappa shape index (κ1) is 14.6. The molecule has 0 atom stereocenters. The molecule has 3 heterocycles. The summed E-state index contributed by atoms with van der Waals surface area (Å²) in [4.78, 5) is 33.1. The Hall–Kier alpha value is -3.00. The van der Waals surface area contributed by atoms with Gasteiger partial charge in [-0.25, -0.2) is 14.2 Å². The van der Waals surface area contributed by atoms with Crippen LogP contribution in [0.5, 0.6) is 5.75 Å². The predicted molar refractivity (Wildman–Crippen MR) is 90.3 cm³/mol. The van der Waals surface area contributed by atoms with Gasteiger partial charge in [0.15, 0.2) is 0 Å². The Labute approximate surface area is 137 Å². The first-order chi connectivity index (χ1) is 11.6. The van der Waals surface area contributed by atoms with Gasteiger partial charge in [-0.2, -0.15) is 0 Å². The fourth-order valence-corrected chi connectivity index (χ4v) is 3.57. The van der Waals surface area contributed by atoms with Gasteiger partial charge in [-0.3, -0.25) is 9.78 Å². The molecule has 0 aliphatic rings. The molecular weight excluding hydrogens is 333 g/mol. The fourth-order valence-electron chi connectivity index (χ4n) is 2.55. The van der Waals surface area contributed by atoms with Gasteiger partial charge in [0, 0.05) is 17.0 Å². The van der Waals surface area contributed by atoms with Crippen molar-refractivity contribution >= 4 is 31.8 Å². The molecule has 3 aromatic heterocycles. The number of ether oxygens (including phenoxy) is 1. The van der Waals surface area contributed by atoms with Crippen LogP contribution in [0.25, 0.3) is 31.7 Å². The molecule has 0 bridgehead atoms. The number of methoxy groups -OCH3 is 1. The van der Waals surface area contributed by atoms with Crippen LogP contribution in [0.3, 0.4) is 0 Å². The Balaban J connectivity index is 1.96. The monoisotopic (exact) mass is 343 g/mol. The molecule has 8 heteroatoms. The standard InChI is InChI=1S/C16H10FN3O3S/c1-23-7-2-3-8(10(17)6-7)11-5-4-9-12-13(24-15(9)18-11)14(21)20-16(22)19-12/h2-6H,1H3,(H2,19,20,21,22). The number of rotatable bonds is 2. The van der Waals surface area contributed by atoms with E-state index in [9.17, 15) is 14.0 Å². The third kappa shape index (κ3) is 2.19. The van der Waals surface area contributed by atoms with Crippen molar-refractivity contribution in [2.45, 2.75) is 0 Å². The summed E-state index contributed by atoms with van der Waals surface area (Å²) in [5.41, 5.74) is 0.176. The fraction of sp³-hybridized carbons (Fsp3) is 0.0625. The van der Waals surface area contributed by atoms with Crippen LogP contribution >= 0.6 is 11.3 Å². The lowest BCUT2D eigenvalue weighted by molar-refractivity contribution is 0.411. The van der Waals surface area contributed by atoms with E-state index in [1.54, 1.807) is 24.3 Å². The molecule has 0 spiro atoms. The third-order valence-corrected chi connectivity index (χ3v) is 4.78. The summed E-state index contributed by atoms with van der Waals surface area (Å²) in [7, 11) is 1.47. The molecule has 24 heavy (non-hydrogen) atoms. The quantitative estimate of drug-likeness (QED) is 0.586. The van der Waals surface area contributed by atoms with Crippen molar-refractivity contribution in [2.24, 2.45) is 0 Å². The average Bonchev–Trinajstić information content (AvgIpc) is 2.93. The molecule has 4 rings (SSSR count). The normalized spacial score (nSPS) is 11.2. The Bertz CT molecular complexity index is 1210. The maximum atomic E-state index is 14.2. The van der Waals surface area contributed by atoms with Crippen LogP contribution in [0.15, 0.2) is 39.9 Å². The van der Waals surface area contributed by atoms with Crippen molar-refractivity contribution in [3.05, 3.63) is 57.0 Å². The summed E-state index contributed by atoms with van der Waals surface area (Å²) in [6.07, 6.45) is 0. The number of nitrogens with one attached hydrogen (secondary N) is 2. The molecule has 6 nitrogen and oxygen atoms in total. The Morgan fingerprint density at radius 2 is 2.00 bits per heavy atom. The van der Waals surface area contributed by atoms with Gasteiger partial charge in [-0.05, 0) is 24.3 Å². The van der Waals surface area contributed by atoms with E-state index >= 15 is 0 Å². The maximum absolute atomic E-state index is 14.2. The van der Waals surface area contributed by atoms with E-state index in [1.807, 2.05) is 0 Å². The number of pyridine rings is 1. The summed E-state index contributed by atoms with van der Waals surface area (Å²) in [6, 6.07) is 7.89. The van der Waals surface area contributed by atoms with Crippen LogP contribution in [0, 0.1) is 5.82 Å². The Morgan fingerprint density at radius 1 is 1.17 bits per heavy atom. The number of aromatic nitrogens is 3. The van der Waals surface area contributed by atoms with E-state index in [1.165, 1.54) is 13.2 Å². The summed E-state index contributed by atoms with van der Waals surface area (Å²) in [5.74, 6) is -0.0307.